The average molecular weight is 296 g/mol. The molecular formula is C19H20OS. The van der Waals surface area contributed by atoms with E-state index < -0.39 is 5.60 Å². The Morgan fingerprint density at radius 3 is 2.62 bits per heavy atom. The number of thiophene rings is 1. The van der Waals surface area contributed by atoms with E-state index in [-0.39, 0.29) is 0 Å². The quantitative estimate of drug-likeness (QED) is 0.709. The standard InChI is InChI=1S/C19H20OS/c1-3-7-14-8-6-10-16(12-14)19(2,20)18-13-15-9-4-5-11-17(15)21-18/h4-6,8-13,20H,3,7H2,1-2H3. The predicted molar refractivity (Wildman–Crippen MR) is 90.9 cm³/mol. The molecule has 3 aromatic rings. The van der Waals surface area contributed by atoms with E-state index in [1.807, 2.05) is 31.2 Å². The molecule has 0 radical (unpaired) electrons. The van der Waals surface area contributed by atoms with Gasteiger partial charge in [0.25, 0.3) is 0 Å². The van der Waals surface area contributed by atoms with Crippen molar-refractivity contribution in [2.75, 3.05) is 0 Å². The molecule has 0 spiro atoms. The third kappa shape index (κ3) is 2.74. The van der Waals surface area contributed by atoms with E-state index in [1.165, 1.54) is 15.6 Å². The molecule has 1 heterocycles. The van der Waals surface area contributed by atoms with Crippen molar-refractivity contribution in [3.63, 3.8) is 0 Å². The highest BCUT2D eigenvalue weighted by Crippen LogP contribution is 2.37. The van der Waals surface area contributed by atoms with Crippen molar-refractivity contribution in [3.05, 3.63) is 70.6 Å². The molecule has 1 N–H and O–H groups in total. The molecule has 1 aromatic heterocycles. The molecule has 1 nitrogen and oxygen atoms in total. The number of aliphatic hydroxyl groups is 1. The molecule has 0 saturated carbocycles. The highest BCUT2D eigenvalue weighted by molar-refractivity contribution is 7.19. The smallest absolute Gasteiger partial charge is 0.121 e. The molecule has 3 rings (SSSR count). The molecule has 21 heavy (non-hydrogen) atoms. The predicted octanol–water partition coefficient (Wildman–Crippen LogP) is 5.11. The first-order valence-corrected chi connectivity index (χ1v) is 8.24. The normalized spacial score (nSPS) is 14.2. The lowest BCUT2D eigenvalue weighted by Gasteiger charge is -2.23. The molecule has 2 aromatic carbocycles. The third-order valence-corrected chi connectivity index (χ3v) is 5.26. The molecule has 0 bridgehead atoms. The van der Waals surface area contributed by atoms with Crippen LogP contribution in [-0.4, -0.2) is 5.11 Å². The Hall–Kier alpha value is -1.64. The van der Waals surface area contributed by atoms with Crippen molar-refractivity contribution in [2.24, 2.45) is 0 Å². The van der Waals surface area contributed by atoms with Gasteiger partial charge in [-0.05, 0) is 42.0 Å². The highest BCUT2D eigenvalue weighted by Gasteiger charge is 2.27. The molecule has 0 aliphatic heterocycles. The summed E-state index contributed by atoms with van der Waals surface area (Å²) in [6, 6.07) is 18.7. The zero-order chi connectivity index (χ0) is 14.9. The van der Waals surface area contributed by atoms with E-state index in [9.17, 15) is 5.11 Å². The maximum atomic E-state index is 11.1. The van der Waals surface area contributed by atoms with Crippen molar-refractivity contribution in [3.8, 4) is 0 Å². The average Bonchev–Trinajstić information content (AvgIpc) is 2.92. The molecular weight excluding hydrogens is 276 g/mol. The minimum atomic E-state index is -0.937. The summed E-state index contributed by atoms with van der Waals surface area (Å²) in [4.78, 5) is 0.998. The Labute approximate surface area is 129 Å². The maximum absolute atomic E-state index is 11.1. The summed E-state index contributed by atoms with van der Waals surface area (Å²) in [5.74, 6) is 0. The fourth-order valence-electron chi connectivity index (χ4n) is 2.68. The van der Waals surface area contributed by atoms with Gasteiger partial charge in [0.15, 0.2) is 0 Å². The molecule has 1 atom stereocenters. The SMILES string of the molecule is CCCc1cccc(C(C)(O)c2cc3ccccc3s2)c1. The zero-order valence-electron chi connectivity index (χ0n) is 12.5. The van der Waals surface area contributed by atoms with Crippen molar-refractivity contribution >= 4 is 21.4 Å². The minimum absolute atomic E-state index is 0.937. The molecule has 0 aliphatic carbocycles. The van der Waals surface area contributed by atoms with Gasteiger partial charge in [0.05, 0.1) is 0 Å². The first-order chi connectivity index (χ1) is 10.1. The van der Waals surface area contributed by atoms with Gasteiger partial charge < -0.3 is 5.11 Å². The lowest BCUT2D eigenvalue weighted by atomic mass is 9.92. The number of aryl methyl sites for hydroxylation is 1. The molecule has 0 fully saturated rings. The topological polar surface area (TPSA) is 20.2 Å². The number of rotatable bonds is 4. The summed E-state index contributed by atoms with van der Waals surface area (Å²) in [5, 5.41) is 12.3. The van der Waals surface area contributed by atoms with Crippen LogP contribution < -0.4 is 0 Å². The van der Waals surface area contributed by atoms with Crippen LogP contribution in [0.5, 0.6) is 0 Å². The summed E-state index contributed by atoms with van der Waals surface area (Å²) in [7, 11) is 0. The molecule has 0 amide bonds. The Morgan fingerprint density at radius 1 is 1.05 bits per heavy atom. The minimum Gasteiger partial charge on any atom is -0.380 e. The van der Waals surface area contributed by atoms with Gasteiger partial charge in [-0.15, -0.1) is 11.3 Å². The largest absolute Gasteiger partial charge is 0.380 e. The summed E-state index contributed by atoms with van der Waals surface area (Å²) >= 11 is 1.67. The Balaban J connectivity index is 2.04. The highest BCUT2D eigenvalue weighted by atomic mass is 32.1. The van der Waals surface area contributed by atoms with E-state index in [0.29, 0.717) is 0 Å². The Kier molecular flexibility index (Phi) is 3.83. The van der Waals surface area contributed by atoms with Crippen LogP contribution in [0.3, 0.4) is 0 Å². The van der Waals surface area contributed by atoms with E-state index in [0.717, 1.165) is 23.3 Å². The zero-order valence-corrected chi connectivity index (χ0v) is 13.3. The number of benzene rings is 2. The molecule has 0 saturated heterocycles. The molecule has 2 heteroatoms. The van der Waals surface area contributed by atoms with E-state index in [4.69, 9.17) is 0 Å². The van der Waals surface area contributed by atoms with Crippen molar-refractivity contribution < 1.29 is 5.11 Å². The molecule has 1 unspecified atom stereocenters. The lowest BCUT2D eigenvalue weighted by Crippen LogP contribution is -2.21. The number of fused-ring (bicyclic) bond motifs is 1. The van der Waals surface area contributed by atoms with Gasteiger partial charge in [-0.3, -0.25) is 0 Å². The lowest BCUT2D eigenvalue weighted by molar-refractivity contribution is 0.106. The van der Waals surface area contributed by atoms with Crippen LogP contribution >= 0.6 is 11.3 Å². The van der Waals surface area contributed by atoms with Gasteiger partial charge in [0.2, 0.25) is 0 Å². The maximum Gasteiger partial charge on any atom is 0.121 e. The second-order valence-corrected chi connectivity index (χ2v) is 6.75. The van der Waals surface area contributed by atoms with Crippen LogP contribution in [0, 0.1) is 0 Å². The Morgan fingerprint density at radius 2 is 1.86 bits per heavy atom. The van der Waals surface area contributed by atoms with Gasteiger partial charge >= 0.3 is 0 Å². The van der Waals surface area contributed by atoms with Gasteiger partial charge in [0, 0.05) is 9.58 Å². The summed E-state index contributed by atoms with van der Waals surface area (Å²) in [5.41, 5.74) is 1.32. The van der Waals surface area contributed by atoms with Crippen LogP contribution in [0.25, 0.3) is 10.1 Å². The first-order valence-electron chi connectivity index (χ1n) is 7.42. The molecule has 0 aliphatic rings. The fraction of sp³-hybridized carbons (Fsp3) is 0.263. The summed E-state index contributed by atoms with van der Waals surface area (Å²) < 4.78 is 1.22. The summed E-state index contributed by atoms with van der Waals surface area (Å²) in [6.45, 7) is 4.07. The fourth-order valence-corrected chi connectivity index (χ4v) is 3.81. The van der Waals surface area contributed by atoms with E-state index in [2.05, 4.69) is 37.3 Å². The van der Waals surface area contributed by atoms with Crippen molar-refractivity contribution in [1.82, 2.24) is 0 Å². The van der Waals surface area contributed by atoms with Crippen LogP contribution in [-0.2, 0) is 12.0 Å². The van der Waals surface area contributed by atoms with Crippen molar-refractivity contribution in [1.29, 1.82) is 0 Å². The van der Waals surface area contributed by atoms with Gasteiger partial charge in [0.1, 0.15) is 5.60 Å². The molecule has 108 valence electrons. The third-order valence-electron chi connectivity index (χ3n) is 3.93. The van der Waals surface area contributed by atoms with Crippen molar-refractivity contribution in [2.45, 2.75) is 32.3 Å². The Bertz CT molecular complexity index is 722. The first kappa shape index (κ1) is 14.3. The second-order valence-electron chi connectivity index (χ2n) is 5.67. The van der Waals surface area contributed by atoms with E-state index in [1.54, 1.807) is 11.3 Å². The van der Waals surface area contributed by atoms with Crippen LogP contribution in [0.4, 0.5) is 0 Å². The second kappa shape index (κ2) is 5.63. The monoisotopic (exact) mass is 296 g/mol. The van der Waals surface area contributed by atoms with Gasteiger partial charge in [-0.1, -0.05) is 55.8 Å². The van der Waals surface area contributed by atoms with Crippen LogP contribution in [0.2, 0.25) is 0 Å². The van der Waals surface area contributed by atoms with Crippen LogP contribution in [0.1, 0.15) is 36.3 Å². The number of hydrogen-bond donors (Lipinski definition) is 1. The van der Waals surface area contributed by atoms with Crippen LogP contribution in [0.15, 0.2) is 54.6 Å². The van der Waals surface area contributed by atoms with Gasteiger partial charge in [-0.25, -0.2) is 0 Å². The van der Waals surface area contributed by atoms with Gasteiger partial charge in [-0.2, -0.15) is 0 Å². The summed E-state index contributed by atoms with van der Waals surface area (Å²) in [6.07, 6.45) is 2.17. The van der Waals surface area contributed by atoms with E-state index >= 15 is 0 Å². The number of hydrogen-bond acceptors (Lipinski definition) is 2.